The molecule has 0 unspecified atom stereocenters. The molecule has 0 saturated carbocycles. The molecule has 0 bridgehead atoms. The number of carbonyl (C=O) groups excluding carboxylic acids is 2. The summed E-state index contributed by atoms with van der Waals surface area (Å²) in [6.45, 7) is 9.36. The molecule has 5 rings (SSSR count). The molecule has 0 N–H and O–H groups in total. The molecule has 8 heteroatoms. The number of amides is 2. The van der Waals surface area contributed by atoms with Gasteiger partial charge in [-0.3, -0.25) is 9.59 Å². The first-order valence-electron chi connectivity index (χ1n) is 12.3. The van der Waals surface area contributed by atoms with Crippen LogP contribution in [0.15, 0.2) is 47.0 Å². The lowest BCUT2D eigenvalue weighted by molar-refractivity contribution is -0.136. The summed E-state index contributed by atoms with van der Waals surface area (Å²) in [5.41, 5.74) is 5.26. The first kappa shape index (κ1) is 23.1. The quantitative estimate of drug-likeness (QED) is 0.563. The van der Waals surface area contributed by atoms with Gasteiger partial charge in [-0.1, -0.05) is 18.1 Å². The molecule has 2 aliphatic rings. The average molecular weight is 474 g/mol. The van der Waals surface area contributed by atoms with Gasteiger partial charge in [0.1, 0.15) is 0 Å². The minimum atomic E-state index is -0.280. The van der Waals surface area contributed by atoms with Crippen LogP contribution in [-0.2, 0) is 16.0 Å². The fourth-order valence-electron chi connectivity index (χ4n) is 4.80. The molecule has 35 heavy (non-hydrogen) atoms. The van der Waals surface area contributed by atoms with E-state index in [1.54, 1.807) is 4.90 Å². The number of nitrogens with zero attached hydrogens (tertiary/aromatic N) is 5. The predicted molar refractivity (Wildman–Crippen MR) is 134 cm³/mol. The summed E-state index contributed by atoms with van der Waals surface area (Å²) in [6.07, 6.45) is 0.996. The van der Waals surface area contributed by atoms with E-state index in [0.717, 1.165) is 35.6 Å². The van der Waals surface area contributed by atoms with Crippen molar-refractivity contribution in [1.29, 1.82) is 0 Å². The molecule has 0 radical (unpaired) electrons. The molecule has 0 spiro atoms. The Labute approximate surface area is 205 Å². The van der Waals surface area contributed by atoms with Crippen LogP contribution in [0.1, 0.15) is 30.4 Å². The summed E-state index contributed by atoms with van der Waals surface area (Å²) >= 11 is 0. The Morgan fingerprint density at radius 2 is 1.71 bits per heavy atom. The Morgan fingerprint density at radius 1 is 1.00 bits per heavy atom. The SMILES string of the molecule is CCc1nc(-c2ccc(N3CCN(C(=O)[C@H]4CC(=O)N(c5ccc(C)c(C)c5)C4)CC3)cc2)no1. The Hall–Kier alpha value is -3.68. The van der Waals surface area contributed by atoms with Gasteiger partial charge in [-0.05, 0) is 61.4 Å². The number of hydrogen-bond acceptors (Lipinski definition) is 6. The third-order valence-corrected chi connectivity index (χ3v) is 7.13. The van der Waals surface area contributed by atoms with Crippen molar-refractivity contribution in [3.8, 4) is 11.4 Å². The Bertz CT molecular complexity index is 1230. The molecular formula is C27H31N5O3. The van der Waals surface area contributed by atoms with Crippen LogP contribution in [-0.4, -0.2) is 59.6 Å². The molecule has 3 aromatic rings. The van der Waals surface area contributed by atoms with Crippen LogP contribution in [0.3, 0.4) is 0 Å². The topological polar surface area (TPSA) is 82.8 Å². The molecule has 1 aromatic heterocycles. The molecular weight excluding hydrogens is 442 g/mol. The van der Waals surface area contributed by atoms with Crippen molar-refractivity contribution >= 4 is 23.2 Å². The van der Waals surface area contributed by atoms with Crippen molar-refractivity contribution in [2.24, 2.45) is 5.92 Å². The third kappa shape index (κ3) is 4.65. The van der Waals surface area contributed by atoms with Crippen LogP contribution in [0.4, 0.5) is 11.4 Å². The van der Waals surface area contributed by atoms with Crippen molar-refractivity contribution in [3.05, 3.63) is 59.5 Å². The highest BCUT2D eigenvalue weighted by Crippen LogP contribution is 2.29. The van der Waals surface area contributed by atoms with Gasteiger partial charge < -0.3 is 19.2 Å². The van der Waals surface area contributed by atoms with Gasteiger partial charge in [0.2, 0.25) is 23.5 Å². The van der Waals surface area contributed by atoms with E-state index in [-0.39, 0.29) is 24.2 Å². The Morgan fingerprint density at radius 3 is 2.37 bits per heavy atom. The van der Waals surface area contributed by atoms with Crippen LogP contribution in [0.5, 0.6) is 0 Å². The molecule has 2 aliphatic heterocycles. The number of benzene rings is 2. The monoisotopic (exact) mass is 473 g/mol. The Kier molecular flexibility index (Phi) is 6.28. The maximum Gasteiger partial charge on any atom is 0.228 e. The molecule has 3 heterocycles. The summed E-state index contributed by atoms with van der Waals surface area (Å²) in [7, 11) is 0. The van der Waals surface area contributed by atoms with Gasteiger partial charge in [0.05, 0.1) is 5.92 Å². The van der Waals surface area contributed by atoms with E-state index < -0.39 is 0 Å². The second kappa shape index (κ2) is 9.52. The highest BCUT2D eigenvalue weighted by molar-refractivity contribution is 6.00. The first-order chi connectivity index (χ1) is 16.9. The first-order valence-corrected chi connectivity index (χ1v) is 12.3. The lowest BCUT2D eigenvalue weighted by atomic mass is 10.1. The number of aryl methyl sites for hydroxylation is 3. The highest BCUT2D eigenvalue weighted by Gasteiger charge is 2.38. The van der Waals surface area contributed by atoms with Crippen molar-refractivity contribution in [3.63, 3.8) is 0 Å². The van der Waals surface area contributed by atoms with E-state index in [2.05, 4.69) is 34.1 Å². The summed E-state index contributed by atoms with van der Waals surface area (Å²) in [4.78, 5) is 36.2. The molecule has 1 atom stereocenters. The third-order valence-electron chi connectivity index (χ3n) is 7.13. The molecule has 0 aliphatic carbocycles. The minimum Gasteiger partial charge on any atom is -0.368 e. The normalized spacial score (nSPS) is 18.4. The van der Waals surface area contributed by atoms with Crippen LogP contribution in [0, 0.1) is 19.8 Å². The summed E-state index contributed by atoms with van der Waals surface area (Å²) in [5.74, 6) is 1.06. The number of carbonyl (C=O) groups is 2. The summed E-state index contributed by atoms with van der Waals surface area (Å²) in [6, 6.07) is 14.2. The fraction of sp³-hybridized carbons (Fsp3) is 0.407. The van der Waals surface area contributed by atoms with E-state index in [1.165, 1.54) is 5.56 Å². The smallest absolute Gasteiger partial charge is 0.228 e. The van der Waals surface area contributed by atoms with E-state index in [1.807, 2.05) is 49.1 Å². The van der Waals surface area contributed by atoms with E-state index >= 15 is 0 Å². The van der Waals surface area contributed by atoms with Crippen molar-refractivity contribution < 1.29 is 14.1 Å². The second-order valence-corrected chi connectivity index (χ2v) is 9.40. The van der Waals surface area contributed by atoms with Crippen LogP contribution in [0.25, 0.3) is 11.4 Å². The average Bonchev–Trinajstić information content (AvgIpc) is 3.52. The van der Waals surface area contributed by atoms with Crippen molar-refractivity contribution in [1.82, 2.24) is 15.0 Å². The van der Waals surface area contributed by atoms with Crippen LogP contribution in [0.2, 0.25) is 0 Å². The van der Waals surface area contributed by atoms with Crippen LogP contribution < -0.4 is 9.80 Å². The van der Waals surface area contributed by atoms with Gasteiger partial charge >= 0.3 is 0 Å². The zero-order chi connectivity index (χ0) is 24.5. The number of hydrogen-bond donors (Lipinski definition) is 0. The fourth-order valence-corrected chi connectivity index (χ4v) is 4.80. The summed E-state index contributed by atoms with van der Waals surface area (Å²) < 4.78 is 5.21. The lowest BCUT2D eigenvalue weighted by Crippen LogP contribution is -2.50. The van der Waals surface area contributed by atoms with Crippen molar-refractivity contribution in [2.45, 2.75) is 33.6 Å². The molecule has 8 nitrogen and oxygen atoms in total. The minimum absolute atomic E-state index is 0.0259. The van der Waals surface area contributed by atoms with E-state index in [4.69, 9.17) is 4.52 Å². The maximum atomic E-state index is 13.2. The molecule has 182 valence electrons. The largest absolute Gasteiger partial charge is 0.368 e. The molecule has 2 fully saturated rings. The van der Waals surface area contributed by atoms with Gasteiger partial charge in [-0.25, -0.2) is 0 Å². The van der Waals surface area contributed by atoms with Gasteiger partial charge in [-0.2, -0.15) is 4.98 Å². The van der Waals surface area contributed by atoms with Gasteiger partial charge in [0, 0.05) is 62.5 Å². The van der Waals surface area contributed by atoms with Crippen molar-refractivity contribution in [2.75, 3.05) is 42.5 Å². The molecule has 2 amide bonds. The standard InChI is InChI=1S/C27H31N5O3/c1-4-24-28-26(29-35-24)20-6-9-22(10-7-20)30-11-13-31(14-12-30)27(34)21-16-25(33)32(17-21)23-8-5-18(2)19(3)15-23/h5-10,15,21H,4,11-14,16-17H2,1-3H3/t21-/m0/s1. The van der Waals surface area contributed by atoms with Crippen LogP contribution >= 0.6 is 0 Å². The number of anilines is 2. The molecule has 2 aromatic carbocycles. The second-order valence-electron chi connectivity index (χ2n) is 9.40. The number of aromatic nitrogens is 2. The van der Waals surface area contributed by atoms with Gasteiger partial charge in [0.25, 0.3) is 0 Å². The zero-order valence-corrected chi connectivity index (χ0v) is 20.5. The maximum absolute atomic E-state index is 13.2. The molecule has 2 saturated heterocycles. The zero-order valence-electron chi connectivity index (χ0n) is 20.5. The predicted octanol–water partition coefficient (Wildman–Crippen LogP) is 3.62. The Balaban J connectivity index is 1.17. The van der Waals surface area contributed by atoms with Gasteiger partial charge in [-0.15, -0.1) is 0 Å². The van der Waals surface area contributed by atoms with Gasteiger partial charge in [0.15, 0.2) is 0 Å². The lowest BCUT2D eigenvalue weighted by Gasteiger charge is -2.37. The highest BCUT2D eigenvalue weighted by atomic mass is 16.5. The van der Waals surface area contributed by atoms with E-state index in [0.29, 0.717) is 37.8 Å². The van der Waals surface area contributed by atoms with E-state index in [9.17, 15) is 9.59 Å². The number of piperazine rings is 1. The number of rotatable bonds is 5. The summed E-state index contributed by atoms with van der Waals surface area (Å²) in [5, 5.41) is 4.03.